The van der Waals surface area contributed by atoms with Crippen LogP contribution in [0.5, 0.6) is 5.75 Å². The van der Waals surface area contributed by atoms with Crippen LogP contribution in [0.15, 0.2) is 42.5 Å². The summed E-state index contributed by atoms with van der Waals surface area (Å²) in [5, 5.41) is 43.7. The van der Waals surface area contributed by atoms with Crippen molar-refractivity contribution in [2.75, 3.05) is 12.4 Å². The normalized spacial score (nSPS) is 10.0. The van der Waals surface area contributed by atoms with Gasteiger partial charge in [-0.15, -0.1) is 0 Å². The van der Waals surface area contributed by atoms with Crippen LogP contribution in [0.1, 0.15) is 12.5 Å². The summed E-state index contributed by atoms with van der Waals surface area (Å²) >= 11 is 0. The van der Waals surface area contributed by atoms with Crippen LogP contribution in [-0.2, 0) is 20.7 Å². The van der Waals surface area contributed by atoms with Crippen molar-refractivity contribution in [3.05, 3.63) is 78.4 Å². The van der Waals surface area contributed by atoms with Crippen LogP contribution in [0, 0.1) is 30.3 Å². The summed E-state index contributed by atoms with van der Waals surface area (Å²) in [5.41, 5.74) is -1.49. The van der Waals surface area contributed by atoms with Gasteiger partial charge in [0, 0.05) is 12.3 Å². The maximum atomic E-state index is 11.4. The number of nitrogens with one attached hydrogen (secondary N) is 1. The third-order valence-electron chi connectivity index (χ3n) is 4.33. The number of carbonyl (C=O) groups is 2. The summed E-state index contributed by atoms with van der Waals surface area (Å²) in [7, 11) is 1.35. The van der Waals surface area contributed by atoms with Gasteiger partial charge in [-0.3, -0.25) is 39.9 Å². The Labute approximate surface area is 195 Å². The summed E-state index contributed by atoms with van der Waals surface area (Å²) in [6.07, 6.45) is 0.145. The van der Waals surface area contributed by atoms with Crippen LogP contribution >= 0.6 is 0 Å². The molecule has 2 N–H and O–H groups in total. The topological polar surface area (TPSA) is 218 Å². The molecular weight excluding hydrogens is 470 g/mol. The van der Waals surface area contributed by atoms with Gasteiger partial charge in [0.15, 0.2) is 0 Å². The van der Waals surface area contributed by atoms with Crippen molar-refractivity contribution < 1.29 is 34.2 Å². The number of aromatic nitrogens is 1. The molecule has 1 heterocycles. The third kappa shape index (κ3) is 6.64. The number of amides is 1. The standard InChI is InChI=1S/C14H14N2O3.C6H3N3O7/c1-9(17)15-13-7-10(8-14(18)19-2)11-5-3-4-6-12(11)16-13;10-6-4(8(13)14)1-3(7(11)12)2-5(6)9(15)16/h3-7H,8H2,1-2H3,(H,15,16,17);1-2,10H. The number of ether oxygens (including phenoxy) is 1. The molecule has 0 aliphatic carbocycles. The molecule has 15 heteroatoms. The molecule has 0 spiro atoms. The minimum Gasteiger partial charge on any atom is -0.497 e. The molecule has 3 rings (SSSR count). The van der Waals surface area contributed by atoms with E-state index >= 15 is 0 Å². The lowest BCUT2D eigenvalue weighted by Crippen LogP contribution is -2.10. The summed E-state index contributed by atoms with van der Waals surface area (Å²) in [4.78, 5) is 54.6. The number of non-ortho nitro benzene ring substituents is 1. The highest BCUT2D eigenvalue weighted by atomic mass is 16.6. The van der Waals surface area contributed by atoms with Gasteiger partial charge >= 0.3 is 17.3 Å². The van der Waals surface area contributed by atoms with Crippen molar-refractivity contribution in [1.82, 2.24) is 4.98 Å². The number of para-hydroxylation sites is 1. The first-order valence-electron chi connectivity index (χ1n) is 9.47. The fraction of sp³-hybridized carbons (Fsp3) is 0.150. The Balaban J connectivity index is 0.000000251. The summed E-state index contributed by atoms with van der Waals surface area (Å²) in [6, 6.07) is 10.0. The number of nitro benzene ring substituents is 3. The Kier molecular flexibility index (Phi) is 8.25. The average molecular weight is 487 g/mol. The number of aromatic hydroxyl groups is 1. The number of hydrogen-bond acceptors (Lipinski definition) is 11. The van der Waals surface area contributed by atoms with Crippen molar-refractivity contribution in [3.63, 3.8) is 0 Å². The van der Waals surface area contributed by atoms with E-state index in [1.54, 1.807) is 6.07 Å². The lowest BCUT2D eigenvalue weighted by molar-refractivity contribution is -0.404. The smallest absolute Gasteiger partial charge is 0.324 e. The minimum absolute atomic E-state index is 0.145. The fourth-order valence-corrected chi connectivity index (χ4v) is 2.84. The average Bonchev–Trinajstić information content (AvgIpc) is 2.78. The monoisotopic (exact) mass is 487 g/mol. The Morgan fingerprint density at radius 3 is 2.06 bits per heavy atom. The predicted octanol–water partition coefficient (Wildman–Crippen LogP) is 3.03. The zero-order chi connectivity index (χ0) is 26.3. The molecule has 15 nitrogen and oxygen atoms in total. The van der Waals surface area contributed by atoms with Crippen LogP contribution in [-0.4, -0.2) is 43.8 Å². The molecule has 0 atom stereocenters. The highest BCUT2D eigenvalue weighted by molar-refractivity contribution is 5.92. The SMILES string of the molecule is COC(=O)Cc1cc(NC(C)=O)nc2ccccc12.O=[N+]([O-])c1cc([N+](=O)[O-])c(O)c([N+](=O)[O-])c1. The van der Waals surface area contributed by atoms with E-state index in [-0.39, 0.29) is 18.3 Å². The van der Waals surface area contributed by atoms with Gasteiger partial charge in [-0.2, -0.15) is 0 Å². The van der Waals surface area contributed by atoms with E-state index in [1.807, 2.05) is 24.3 Å². The molecule has 1 aromatic heterocycles. The molecule has 3 aromatic rings. The lowest BCUT2D eigenvalue weighted by atomic mass is 10.1. The third-order valence-corrected chi connectivity index (χ3v) is 4.33. The molecule has 0 bridgehead atoms. The van der Waals surface area contributed by atoms with E-state index in [9.17, 15) is 39.9 Å². The maximum Gasteiger partial charge on any atom is 0.324 e. The largest absolute Gasteiger partial charge is 0.497 e. The number of pyridine rings is 1. The maximum absolute atomic E-state index is 11.4. The zero-order valence-electron chi connectivity index (χ0n) is 18.2. The molecule has 0 saturated carbocycles. The molecule has 0 radical (unpaired) electrons. The van der Waals surface area contributed by atoms with E-state index in [0.29, 0.717) is 18.0 Å². The van der Waals surface area contributed by atoms with Crippen molar-refractivity contribution in [2.45, 2.75) is 13.3 Å². The first-order chi connectivity index (χ1) is 16.4. The molecular formula is C20H17N5O10. The molecule has 0 fully saturated rings. The Morgan fingerprint density at radius 2 is 1.57 bits per heavy atom. The Morgan fingerprint density at radius 1 is 1.00 bits per heavy atom. The van der Waals surface area contributed by atoms with Crippen LogP contribution in [0.2, 0.25) is 0 Å². The molecule has 182 valence electrons. The van der Waals surface area contributed by atoms with Crippen molar-refractivity contribution in [3.8, 4) is 5.75 Å². The van der Waals surface area contributed by atoms with Gasteiger partial charge in [0.25, 0.3) is 11.4 Å². The molecule has 0 saturated heterocycles. The van der Waals surface area contributed by atoms with Crippen molar-refractivity contribution >= 4 is 45.7 Å². The van der Waals surface area contributed by atoms with Gasteiger partial charge < -0.3 is 15.2 Å². The van der Waals surface area contributed by atoms with Crippen molar-refractivity contribution in [1.29, 1.82) is 0 Å². The number of phenols is 1. The van der Waals surface area contributed by atoms with Crippen LogP contribution in [0.25, 0.3) is 10.9 Å². The fourth-order valence-electron chi connectivity index (χ4n) is 2.84. The second-order valence-corrected chi connectivity index (χ2v) is 6.72. The van der Waals surface area contributed by atoms with Gasteiger partial charge in [-0.05, 0) is 17.7 Å². The first kappa shape index (κ1) is 26.0. The molecule has 0 aliphatic heterocycles. The molecule has 0 unspecified atom stereocenters. The number of nitro groups is 3. The number of hydrogen-bond donors (Lipinski definition) is 2. The summed E-state index contributed by atoms with van der Waals surface area (Å²) in [5.74, 6) is -1.30. The highest BCUT2D eigenvalue weighted by Gasteiger charge is 2.30. The van der Waals surface area contributed by atoms with Crippen molar-refractivity contribution in [2.24, 2.45) is 0 Å². The Hall–Kier alpha value is -5.21. The summed E-state index contributed by atoms with van der Waals surface area (Å²) < 4.78 is 4.68. The second kappa shape index (κ2) is 11.1. The van der Waals surface area contributed by atoms with E-state index in [1.165, 1.54) is 14.0 Å². The second-order valence-electron chi connectivity index (χ2n) is 6.72. The number of nitrogens with zero attached hydrogens (tertiary/aromatic N) is 4. The van der Waals surface area contributed by atoms with Crippen LogP contribution in [0.4, 0.5) is 22.9 Å². The van der Waals surface area contributed by atoms with E-state index < -0.39 is 37.6 Å². The lowest BCUT2D eigenvalue weighted by Gasteiger charge is -2.09. The van der Waals surface area contributed by atoms with Gasteiger partial charge in [-0.25, -0.2) is 4.98 Å². The number of esters is 1. The number of benzene rings is 2. The number of rotatable bonds is 6. The number of fused-ring (bicyclic) bond motifs is 1. The van der Waals surface area contributed by atoms with Gasteiger partial charge in [-0.1, -0.05) is 18.2 Å². The van der Waals surface area contributed by atoms with Crippen LogP contribution in [0.3, 0.4) is 0 Å². The Bertz CT molecular complexity index is 1310. The highest BCUT2D eigenvalue weighted by Crippen LogP contribution is 2.38. The van der Waals surface area contributed by atoms with E-state index in [4.69, 9.17) is 5.11 Å². The molecule has 1 amide bonds. The molecule has 2 aromatic carbocycles. The van der Waals surface area contributed by atoms with E-state index in [0.717, 1.165) is 16.5 Å². The molecule has 35 heavy (non-hydrogen) atoms. The van der Waals surface area contributed by atoms with Crippen LogP contribution < -0.4 is 5.32 Å². The zero-order valence-corrected chi connectivity index (χ0v) is 18.2. The number of phenolic OH excluding ortho intramolecular Hbond substituents is 1. The van der Waals surface area contributed by atoms with Gasteiger partial charge in [0.1, 0.15) is 5.82 Å². The first-order valence-corrected chi connectivity index (χ1v) is 9.47. The predicted molar refractivity (Wildman–Crippen MR) is 120 cm³/mol. The van der Waals surface area contributed by atoms with Gasteiger partial charge in [0.2, 0.25) is 5.91 Å². The quantitative estimate of drug-likeness (QED) is 0.292. The van der Waals surface area contributed by atoms with E-state index in [2.05, 4.69) is 15.0 Å². The number of carbonyl (C=O) groups excluding carboxylic acids is 2. The minimum atomic E-state index is -1.21. The number of methoxy groups -OCH3 is 1. The number of anilines is 1. The summed E-state index contributed by atoms with van der Waals surface area (Å²) in [6.45, 7) is 1.41. The van der Waals surface area contributed by atoms with Gasteiger partial charge in [0.05, 0.1) is 45.9 Å². The molecule has 0 aliphatic rings.